The number of aromatic nitrogens is 3. The number of anilines is 1. The first-order valence-corrected chi connectivity index (χ1v) is 13.7. The molecule has 0 spiro atoms. The number of carbonyl (C=O) groups is 1. The number of thioether (sulfide) groups is 1. The zero-order chi connectivity index (χ0) is 26.9. The van der Waals surface area contributed by atoms with E-state index in [1.54, 1.807) is 16.4 Å². The van der Waals surface area contributed by atoms with Crippen molar-refractivity contribution in [3.05, 3.63) is 69.3 Å². The first-order valence-electron chi connectivity index (χ1n) is 12.8. The first kappa shape index (κ1) is 26.7. The molecule has 0 saturated carbocycles. The molecule has 1 aliphatic carbocycles. The van der Waals surface area contributed by atoms with Gasteiger partial charge in [0.15, 0.2) is 0 Å². The summed E-state index contributed by atoms with van der Waals surface area (Å²) in [5.74, 6) is 0.282. The van der Waals surface area contributed by atoms with Crippen LogP contribution in [0.4, 0.5) is 5.69 Å². The van der Waals surface area contributed by atoms with Gasteiger partial charge in [0.25, 0.3) is 5.56 Å². The third kappa shape index (κ3) is 5.37. The number of fused-ring (bicyclic) bond motifs is 1. The summed E-state index contributed by atoms with van der Waals surface area (Å²) in [6.45, 7) is 10.5. The quantitative estimate of drug-likeness (QED) is 0.441. The number of nitrogens with one attached hydrogen (secondary N) is 1. The molecule has 8 heteroatoms. The Morgan fingerprint density at radius 2 is 2.00 bits per heavy atom. The zero-order valence-electron chi connectivity index (χ0n) is 22.5. The van der Waals surface area contributed by atoms with Gasteiger partial charge in [0.1, 0.15) is 16.8 Å². The Bertz CT molecular complexity index is 1410. The van der Waals surface area contributed by atoms with Gasteiger partial charge in [0.2, 0.25) is 5.91 Å². The van der Waals surface area contributed by atoms with Gasteiger partial charge < -0.3 is 5.32 Å². The van der Waals surface area contributed by atoms with Crippen molar-refractivity contribution >= 4 is 23.4 Å². The summed E-state index contributed by atoms with van der Waals surface area (Å²) in [4.78, 5) is 31.5. The van der Waals surface area contributed by atoms with Crippen LogP contribution in [0.25, 0.3) is 5.69 Å². The van der Waals surface area contributed by atoms with Crippen molar-refractivity contribution in [2.75, 3.05) is 5.32 Å². The van der Waals surface area contributed by atoms with Crippen LogP contribution in [0.2, 0.25) is 0 Å². The second-order valence-electron chi connectivity index (χ2n) is 10.8. The Morgan fingerprint density at radius 1 is 1.30 bits per heavy atom. The molecule has 4 rings (SSSR count). The highest BCUT2D eigenvalue weighted by Crippen LogP contribution is 2.38. The zero-order valence-corrected chi connectivity index (χ0v) is 23.3. The van der Waals surface area contributed by atoms with E-state index in [0.29, 0.717) is 28.6 Å². The third-order valence-electron chi connectivity index (χ3n) is 7.42. The topological polar surface area (TPSA) is 92.7 Å². The van der Waals surface area contributed by atoms with E-state index >= 15 is 0 Å². The van der Waals surface area contributed by atoms with Crippen LogP contribution in [-0.4, -0.2) is 25.5 Å². The smallest absolute Gasteiger partial charge is 0.295 e. The predicted molar refractivity (Wildman–Crippen MR) is 148 cm³/mol. The number of carbonyl (C=O) groups excluding carboxylic acids is 1. The van der Waals surface area contributed by atoms with Crippen molar-refractivity contribution < 1.29 is 4.79 Å². The molecule has 0 bridgehead atoms. The molecule has 7 nitrogen and oxygen atoms in total. The lowest BCUT2D eigenvalue weighted by Gasteiger charge is -2.34. The van der Waals surface area contributed by atoms with Gasteiger partial charge in [-0.05, 0) is 67.7 Å². The van der Waals surface area contributed by atoms with Gasteiger partial charge in [-0.2, -0.15) is 5.26 Å². The highest BCUT2D eigenvalue weighted by molar-refractivity contribution is 8.00. The molecular weight excluding hydrogens is 482 g/mol. The van der Waals surface area contributed by atoms with Crippen LogP contribution in [0.3, 0.4) is 0 Å². The van der Waals surface area contributed by atoms with Crippen LogP contribution in [0.15, 0.2) is 46.2 Å². The minimum absolute atomic E-state index is 0.206. The van der Waals surface area contributed by atoms with Crippen LogP contribution in [-0.2, 0) is 24.7 Å². The molecule has 0 aliphatic heterocycles. The molecule has 1 aromatic carbocycles. The maximum atomic E-state index is 13.4. The molecule has 0 radical (unpaired) electrons. The molecule has 37 heavy (non-hydrogen) atoms. The number of amides is 1. The fourth-order valence-corrected chi connectivity index (χ4v) is 5.92. The number of para-hydroxylation sites is 1. The van der Waals surface area contributed by atoms with Crippen molar-refractivity contribution in [1.29, 1.82) is 5.26 Å². The molecule has 1 amide bonds. The SMILES string of the molecule is CCC(Sc1nc2c(cc1C#N)CC(C(C)(C)C)CC2)C(=O)Nc1c(C)n(C)n(-c2ccccc2)c1=O. The largest absolute Gasteiger partial charge is 0.319 e. The molecule has 2 unspecified atom stereocenters. The number of rotatable bonds is 6. The number of nitrogens with zero attached hydrogens (tertiary/aromatic N) is 4. The van der Waals surface area contributed by atoms with Crippen molar-refractivity contribution in [1.82, 2.24) is 14.3 Å². The van der Waals surface area contributed by atoms with E-state index < -0.39 is 5.25 Å². The monoisotopic (exact) mass is 517 g/mol. The van der Waals surface area contributed by atoms with E-state index in [9.17, 15) is 14.9 Å². The van der Waals surface area contributed by atoms with Crippen LogP contribution >= 0.6 is 11.8 Å². The molecule has 1 aliphatic rings. The summed E-state index contributed by atoms with van der Waals surface area (Å²) in [5, 5.41) is 12.8. The lowest BCUT2D eigenvalue weighted by atomic mass is 9.71. The van der Waals surface area contributed by atoms with Gasteiger partial charge in [-0.3, -0.25) is 14.3 Å². The predicted octanol–water partition coefficient (Wildman–Crippen LogP) is 5.41. The summed E-state index contributed by atoms with van der Waals surface area (Å²) in [5.41, 5.74) is 4.27. The van der Waals surface area contributed by atoms with Crippen LogP contribution in [0, 0.1) is 29.6 Å². The summed E-state index contributed by atoms with van der Waals surface area (Å²) in [6, 6.07) is 13.6. The van der Waals surface area contributed by atoms with E-state index in [1.807, 2.05) is 50.2 Å². The maximum absolute atomic E-state index is 13.4. The summed E-state index contributed by atoms with van der Waals surface area (Å²) < 4.78 is 3.29. The molecule has 1 N–H and O–H groups in total. The van der Waals surface area contributed by atoms with E-state index in [0.717, 1.165) is 36.2 Å². The minimum atomic E-state index is -0.493. The van der Waals surface area contributed by atoms with Gasteiger partial charge in [-0.1, -0.05) is 57.7 Å². The van der Waals surface area contributed by atoms with Gasteiger partial charge in [0.05, 0.1) is 22.2 Å². The molecule has 2 aromatic heterocycles. The lowest BCUT2D eigenvalue weighted by molar-refractivity contribution is -0.115. The van der Waals surface area contributed by atoms with Crippen molar-refractivity contribution in [2.45, 2.75) is 70.6 Å². The van der Waals surface area contributed by atoms with Crippen LogP contribution in [0.1, 0.15) is 63.1 Å². The number of nitriles is 1. The fourth-order valence-electron chi connectivity index (χ4n) is 4.93. The van der Waals surface area contributed by atoms with E-state index in [4.69, 9.17) is 4.98 Å². The summed E-state index contributed by atoms with van der Waals surface area (Å²) in [7, 11) is 1.80. The lowest BCUT2D eigenvalue weighted by Crippen LogP contribution is -2.29. The normalized spacial score (nSPS) is 16.1. The molecule has 194 valence electrons. The Balaban J connectivity index is 1.58. The Morgan fingerprint density at radius 3 is 2.62 bits per heavy atom. The minimum Gasteiger partial charge on any atom is -0.319 e. The highest BCUT2D eigenvalue weighted by Gasteiger charge is 2.31. The van der Waals surface area contributed by atoms with Crippen molar-refractivity contribution in [2.24, 2.45) is 18.4 Å². The molecule has 0 fully saturated rings. The van der Waals surface area contributed by atoms with Gasteiger partial charge in [-0.15, -0.1) is 0 Å². The number of aryl methyl sites for hydroxylation is 1. The van der Waals surface area contributed by atoms with Crippen molar-refractivity contribution in [3.63, 3.8) is 0 Å². The van der Waals surface area contributed by atoms with Gasteiger partial charge in [0, 0.05) is 12.7 Å². The molecule has 2 heterocycles. The molecule has 3 aromatic rings. The first-order chi connectivity index (χ1) is 17.5. The fraction of sp³-hybridized carbons (Fsp3) is 0.448. The maximum Gasteiger partial charge on any atom is 0.295 e. The summed E-state index contributed by atoms with van der Waals surface area (Å²) >= 11 is 1.30. The highest BCUT2D eigenvalue weighted by atomic mass is 32.2. The number of pyridine rings is 1. The average Bonchev–Trinajstić information content (AvgIpc) is 3.09. The Hall–Kier alpha value is -3.31. The van der Waals surface area contributed by atoms with Crippen LogP contribution in [0.5, 0.6) is 0 Å². The number of benzene rings is 1. The molecular formula is C29H35N5O2S. The van der Waals surface area contributed by atoms with Gasteiger partial charge in [-0.25, -0.2) is 9.67 Å². The Kier molecular flexibility index (Phi) is 7.65. The molecule has 2 atom stereocenters. The average molecular weight is 518 g/mol. The van der Waals surface area contributed by atoms with E-state index in [1.165, 1.54) is 11.8 Å². The van der Waals surface area contributed by atoms with E-state index in [-0.39, 0.29) is 22.6 Å². The number of hydrogen-bond donors (Lipinski definition) is 1. The molecule has 0 saturated heterocycles. The van der Waals surface area contributed by atoms with E-state index in [2.05, 4.69) is 32.2 Å². The van der Waals surface area contributed by atoms with Crippen molar-refractivity contribution in [3.8, 4) is 11.8 Å². The number of hydrogen-bond acceptors (Lipinski definition) is 5. The third-order valence-corrected chi connectivity index (χ3v) is 8.78. The second kappa shape index (κ2) is 10.6. The summed E-state index contributed by atoms with van der Waals surface area (Å²) in [6.07, 6.45) is 3.40. The Labute approximate surface area is 222 Å². The standard InChI is InChI=1S/C29H35N5O2S/c1-7-24(26(35)32-25-18(2)33(6)34(28(25)36)22-11-9-8-10-12-22)37-27-20(17-30)15-19-16-21(29(3,4)5)13-14-23(19)31-27/h8-12,15,21,24H,7,13-14,16H2,1-6H3,(H,32,35). The van der Waals surface area contributed by atoms with Gasteiger partial charge >= 0.3 is 0 Å². The van der Waals surface area contributed by atoms with Crippen LogP contribution < -0.4 is 10.9 Å². The second-order valence-corrected chi connectivity index (χ2v) is 12.0.